The fourth-order valence-corrected chi connectivity index (χ4v) is 3.85. The SMILES string of the molecule is Cc1nc(CSc2nc3ccccc3n2CC(C)O)cs1. The summed E-state index contributed by atoms with van der Waals surface area (Å²) in [6.07, 6.45) is -0.400. The molecule has 21 heavy (non-hydrogen) atoms. The molecule has 2 aromatic heterocycles. The summed E-state index contributed by atoms with van der Waals surface area (Å²) in [7, 11) is 0. The molecular formula is C15H17N3OS2. The van der Waals surface area contributed by atoms with Gasteiger partial charge in [-0.3, -0.25) is 0 Å². The zero-order chi connectivity index (χ0) is 14.8. The molecule has 1 N–H and O–H groups in total. The Labute approximate surface area is 131 Å². The van der Waals surface area contributed by atoms with Crippen molar-refractivity contribution in [2.24, 2.45) is 0 Å². The molecule has 6 heteroatoms. The molecule has 0 saturated heterocycles. The minimum absolute atomic E-state index is 0.400. The summed E-state index contributed by atoms with van der Waals surface area (Å²) in [4.78, 5) is 9.16. The molecule has 3 rings (SSSR count). The molecular weight excluding hydrogens is 302 g/mol. The van der Waals surface area contributed by atoms with Gasteiger partial charge in [0.1, 0.15) is 0 Å². The number of rotatable bonds is 5. The second kappa shape index (κ2) is 6.17. The van der Waals surface area contributed by atoms with Crippen LogP contribution in [0, 0.1) is 6.92 Å². The van der Waals surface area contributed by atoms with Crippen LogP contribution >= 0.6 is 23.1 Å². The number of aliphatic hydroxyl groups excluding tert-OH is 1. The average molecular weight is 319 g/mol. The Morgan fingerprint density at radius 1 is 1.33 bits per heavy atom. The van der Waals surface area contributed by atoms with Gasteiger partial charge in [0.15, 0.2) is 5.16 Å². The number of aromatic nitrogens is 3. The minimum Gasteiger partial charge on any atom is -0.392 e. The lowest BCUT2D eigenvalue weighted by Gasteiger charge is -2.10. The van der Waals surface area contributed by atoms with Crippen LogP contribution in [0.4, 0.5) is 0 Å². The van der Waals surface area contributed by atoms with Crippen LogP contribution in [0.1, 0.15) is 17.6 Å². The Morgan fingerprint density at radius 3 is 2.86 bits per heavy atom. The number of para-hydroxylation sites is 2. The van der Waals surface area contributed by atoms with Crippen molar-refractivity contribution in [3.63, 3.8) is 0 Å². The number of hydrogen-bond acceptors (Lipinski definition) is 5. The first-order valence-electron chi connectivity index (χ1n) is 6.80. The van der Waals surface area contributed by atoms with E-state index in [4.69, 9.17) is 0 Å². The van der Waals surface area contributed by atoms with E-state index in [0.717, 1.165) is 32.6 Å². The third-order valence-electron chi connectivity index (χ3n) is 3.08. The Balaban J connectivity index is 1.89. The summed E-state index contributed by atoms with van der Waals surface area (Å²) in [5, 5.41) is 13.8. The van der Waals surface area contributed by atoms with Crippen LogP contribution in [-0.2, 0) is 12.3 Å². The fraction of sp³-hybridized carbons (Fsp3) is 0.333. The molecule has 0 spiro atoms. The molecule has 1 atom stereocenters. The molecule has 1 unspecified atom stereocenters. The second-order valence-corrected chi connectivity index (χ2v) is 6.99. The molecule has 0 fully saturated rings. The number of aliphatic hydroxyl groups is 1. The van der Waals surface area contributed by atoms with Crippen LogP contribution in [0.15, 0.2) is 34.8 Å². The van der Waals surface area contributed by atoms with Gasteiger partial charge in [-0.05, 0) is 26.0 Å². The highest BCUT2D eigenvalue weighted by atomic mass is 32.2. The van der Waals surface area contributed by atoms with Crippen LogP contribution in [0.2, 0.25) is 0 Å². The molecule has 0 bridgehead atoms. The van der Waals surface area contributed by atoms with Gasteiger partial charge in [0, 0.05) is 11.1 Å². The molecule has 110 valence electrons. The number of aryl methyl sites for hydroxylation is 1. The number of thioether (sulfide) groups is 1. The molecule has 0 aliphatic rings. The maximum atomic E-state index is 9.73. The Hall–Kier alpha value is -1.37. The number of nitrogens with zero attached hydrogens (tertiary/aromatic N) is 3. The lowest BCUT2D eigenvalue weighted by atomic mass is 10.3. The standard InChI is InChI=1S/C15H17N3OS2/c1-10(19)7-18-14-6-4-3-5-13(14)17-15(18)21-9-12-8-20-11(2)16-12/h3-6,8,10,19H,7,9H2,1-2H3. The highest BCUT2D eigenvalue weighted by Gasteiger charge is 2.13. The van der Waals surface area contributed by atoms with Gasteiger partial charge in [-0.25, -0.2) is 9.97 Å². The van der Waals surface area contributed by atoms with Crippen molar-refractivity contribution in [2.45, 2.75) is 37.4 Å². The summed E-state index contributed by atoms with van der Waals surface area (Å²) in [5.41, 5.74) is 3.11. The molecule has 4 nitrogen and oxygen atoms in total. The summed E-state index contributed by atoms with van der Waals surface area (Å²) in [6.45, 7) is 4.37. The van der Waals surface area contributed by atoms with Gasteiger partial charge >= 0.3 is 0 Å². The Morgan fingerprint density at radius 2 is 2.14 bits per heavy atom. The van der Waals surface area contributed by atoms with Gasteiger partial charge in [0.2, 0.25) is 0 Å². The van der Waals surface area contributed by atoms with E-state index < -0.39 is 6.10 Å². The van der Waals surface area contributed by atoms with Gasteiger partial charge in [0.05, 0.1) is 34.4 Å². The first kappa shape index (κ1) is 14.6. The highest BCUT2D eigenvalue weighted by molar-refractivity contribution is 7.98. The minimum atomic E-state index is -0.400. The largest absolute Gasteiger partial charge is 0.392 e. The Kier molecular flexibility index (Phi) is 4.28. The highest BCUT2D eigenvalue weighted by Crippen LogP contribution is 2.27. The molecule has 0 radical (unpaired) electrons. The van der Waals surface area contributed by atoms with E-state index in [1.54, 1.807) is 30.0 Å². The summed E-state index contributed by atoms with van der Waals surface area (Å²) < 4.78 is 2.09. The molecule has 0 aliphatic heterocycles. The van der Waals surface area contributed by atoms with E-state index in [1.807, 2.05) is 31.2 Å². The third kappa shape index (κ3) is 3.28. The first-order valence-corrected chi connectivity index (χ1v) is 8.67. The Bertz CT molecular complexity index is 748. The van der Waals surface area contributed by atoms with Crippen LogP contribution in [-0.4, -0.2) is 25.7 Å². The first-order chi connectivity index (χ1) is 10.1. The van der Waals surface area contributed by atoms with Crippen LogP contribution < -0.4 is 0 Å². The van der Waals surface area contributed by atoms with Crippen LogP contribution in [0.25, 0.3) is 11.0 Å². The predicted molar refractivity (Wildman–Crippen MR) is 87.8 cm³/mol. The molecule has 0 saturated carbocycles. The number of hydrogen-bond donors (Lipinski definition) is 1. The average Bonchev–Trinajstić information content (AvgIpc) is 3.01. The van der Waals surface area contributed by atoms with E-state index in [1.165, 1.54) is 0 Å². The maximum absolute atomic E-state index is 9.73. The number of benzene rings is 1. The van der Waals surface area contributed by atoms with Gasteiger partial charge in [-0.1, -0.05) is 23.9 Å². The van der Waals surface area contributed by atoms with E-state index in [-0.39, 0.29) is 0 Å². The summed E-state index contributed by atoms with van der Waals surface area (Å²) in [5.74, 6) is 0.799. The van der Waals surface area contributed by atoms with E-state index >= 15 is 0 Å². The molecule has 3 aromatic rings. The fourth-order valence-electron chi connectivity index (χ4n) is 2.22. The van der Waals surface area contributed by atoms with E-state index in [0.29, 0.717) is 6.54 Å². The van der Waals surface area contributed by atoms with Crippen molar-refractivity contribution in [1.82, 2.24) is 14.5 Å². The lowest BCUT2D eigenvalue weighted by Crippen LogP contribution is -2.12. The number of imidazole rings is 1. The topological polar surface area (TPSA) is 50.9 Å². The summed E-state index contributed by atoms with van der Waals surface area (Å²) in [6, 6.07) is 8.04. The smallest absolute Gasteiger partial charge is 0.169 e. The van der Waals surface area contributed by atoms with Crippen molar-refractivity contribution in [2.75, 3.05) is 0 Å². The van der Waals surface area contributed by atoms with Crippen molar-refractivity contribution in [3.05, 3.63) is 40.3 Å². The monoisotopic (exact) mass is 319 g/mol. The van der Waals surface area contributed by atoms with Gasteiger partial charge in [-0.2, -0.15) is 0 Å². The van der Waals surface area contributed by atoms with Gasteiger partial charge < -0.3 is 9.67 Å². The van der Waals surface area contributed by atoms with E-state index in [2.05, 4.69) is 19.9 Å². The second-order valence-electron chi connectivity index (χ2n) is 4.99. The predicted octanol–water partition coefficient (Wildman–Crippen LogP) is 3.47. The summed E-state index contributed by atoms with van der Waals surface area (Å²) >= 11 is 3.33. The normalized spacial score (nSPS) is 12.9. The van der Waals surface area contributed by atoms with Crippen molar-refractivity contribution in [1.29, 1.82) is 0 Å². The van der Waals surface area contributed by atoms with Crippen LogP contribution in [0.3, 0.4) is 0 Å². The van der Waals surface area contributed by atoms with Gasteiger partial charge in [0.25, 0.3) is 0 Å². The number of fused-ring (bicyclic) bond motifs is 1. The van der Waals surface area contributed by atoms with Crippen LogP contribution in [0.5, 0.6) is 0 Å². The maximum Gasteiger partial charge on any atom is 0.169 e. The van der Waals surface area contributed by atoms with E-state index in [9.17, 15) is 5.11 Å². The zero-order valence-electron chi connectivity index (χ0n) is 12.0. The number of thiazole rings is 1. The van der Waals surface area contributed by atoms with Crippen molar-refractivity contribution in [3.8, 4) is 0 Å². The quantitative estimate of drug-likeness (QED) is 0.732. The third-order valence-corrected chi connectivity index (χ3v) is 4.91. The molecule has 2 heterocycles. The van der Waals surface area contributed by atoms with Crippen molar-refractivity contribution < 1.29 is 5.11 Å². The molecule has 0 aliphatic carbocycles. The molecule has 0 amide bonds. The molecule has 1 aromatic carbocycles. The van der Waals surface area contributed by atoms with Gasteiger partial charge in [-0.15, -0.1) is 11.3 Å². The zero-order valence-corrected chi connectivity index (χ0v) is 13.6. The van der Waals surface area contributed by atoms with Crippen molar-refractivity contribution >= 4 is 34.1 Å². The lowest BCUT2D eigenvalue weighted by molar-refractivity contribution is 0.172.